The summed E-state index contributed by atoms with van der Waals surface area (Å²) in [6.45, 7) is 5.29. The van der Waals surface area contributed by atoms with E-state index in [2.05, 4.69) is 35.6 Å². The number of unbranched alkanes of at least 4 members (excludes halogenated alkanes) is 2. The van der Waals surface area contributed by atoms with E-state index >= 15 is 0 Å². The molecule has 4 heteroatoms. The lowest BCUT2D eigenvalue weighted by Crippen LogP contribution is -2.48. The van der Waals surface area contributed by atoms with E-state index in [1.54, 1.807) is 12.1 Å². The number of hydrogen-bond acceptors (Lipinski definition) is 2. The van der Waals surface area contributed by atoms with Gasteiger partial charge in [-0.1, -0.05) is 67.8 Å². The molecule has 0 unspecified atom stereocenters. The molecule has 0 aliphatic heterocycles. The first-order valence-electron chi connectivity index (χ1n) is 11.8. The van der Waals surface area contributed by atoms with Crippen LogP contribution in [0, 0.1) is 5.92 Å². The average Bonchev–Trinajstić information content (AvgIpc) is 3.59. The van der Waals surface area contributed by atoms with Crippen molar-refractivity contribution in [3.8, 4) is 0 Å². The zero-order valence-corrected chi connectivity index (χ0v) is 18.9. The lowest BCUT2D eigenvalue weighted by Gasteiger charge is -2.26. The van der Waals surface area contributed by atoms with Gasteiger partial charge in [0.05, 0.1) is 0 Å². The van der Waals surface area contributed by atoms with Gasteiger partial charge in [0.25, 0.3) is 5.91 Å². The molecule has 0 saturated heterocycles. The fourth-order valence-electron chi connectivity index (χ4n) is 4.45. The van der Waals surface area contributed by atoms with Gasteiger partial charge in [-0.25, -0.2) is 0 Å². The Kier molecular flexibility index (Phi) is 8.69. The smallest absolute Gasteiger partial charge is 0.251 e. The van der Waals surface area contributed by atoms with Crippen molar-refractivity contribution in [3.63, 3.8) is 0 Å². The van der Waals surface area contributed by atoms with E-state index in [-0.39, 0.29) is 11.8 Å². The maximum Gasteiger partial charge on any atom is 0.251 e. The van der Waals surface area contributed by atoms with E-state index in [1.807, 2.05) is 36.9 Å². The highest BCUT2D eigenvalue weighted by atomic mass is 16.2. The zero-order valence-electron chi connectivity index (χ0n) is 18.9. The Balaban J connectivity index is 1.45. The number of rotatable bonds is 12. The highest BCUT2D eigenvalue weighted by Crippen LogP contribution is 2.50. The lowest BCUT2D eigenvalue weighted by molar-refractivity contribution is -0.133. The second-order valence-corrected chi connectivity index (χ2v) is 8.55. The summed E-state index contributed by atoms with van der Waals surface area (Å²) >= 11 is 0. The van der Waals surface area contributed by atoms with Crippen molar-refractivity contribution in [1.82, 2.24) is 10.2 Å². The van der Waals surface area contributed by atoms with E-state index in [1.165, 1.54) is 24.8 Å². The minimum Gasteiger partial charge on any atom is -0.341 e. The second-order valence-electron chi connectivity index (χ2n) is 8.55. The van der Waals surface area contributed by atoms with Crippen LogP contribution in [0.25, 0.3) is 0 Å². The van der Waals surface area contributed by atoms with Gasteiger partial charge < -0.3 is 10.2 Å². The van der Waals surface area contributed by atoms with Crippen LogP contribution in [0.3, 0.4) is 0 Å². The van der Waals surface area contributed by atoms with Gasteiger partial charge in [0, 0.05) is 18.7 Å². The highest BCUT2D eigenvalue weighted by Gasteiger charge is 2.37. The van der Waals surface area contributed by atoms with Crippen LogP contribution in [0.2, 0.25) is 0 Å². The lowest BCUT2D eigenvalue weighted by atomic mass is 10.0. The summed E-state index contributed by atoms with van der Waals surface area (Å²) in [5, 5.41) is 2.99. The second kappa shape index (κ2) is 11.7. The molecule has 1 aliphatic carbocycles. The first-order valence-corrected chi connectivity index (χ1v) is 11.8. The largest absolute Gasteiger partial charge is 0.341 e. The Labute approximate surface area is 187 Å². The van der Waals surface area contributed by atoms with Crippen LogP contribution < -0.4 is 5.32 Å². The van der Waals surface area contributed by atoms with Gasteiger partial charge in [-0.3, -0.25) is 9.59 Å². The van der Waals surface area contributed by atoms with Gasteiger partial charge >= 0.3 is 0 Å². The normalized spacial score (nSPS) is 18.3. The van der Waals surface area contributed by atoms with Crippen LogP contribution in [0.4, 0.5) is 0 Å². The molecule has 0 spiro atoms. The number of carbonyl (C=O) groups excluding carboxylic acids is 2. The van der Waals surface area contributed by atoms with E-state index in [0.29, 0.717) is 25.1 Å². The van der Waals surface area contributed by atoms with Gasteiger partial charge in [-0.15, -0.1) is 0 Å². The fourth-order valence-corrected chi connectivity index (χ4v) is 4.45. The van der Waals surface area contributed by atoms with Crippen molar-refractivity contribution in [1.29, 1.82) is 0 Å². The summed E-state index contributed by atoms with van der Waals surface area (Å²) < 4.78 is 0. The number of nitrogens with zero attached hydrogens (tertiary/aromatic N) is 1. The quantitative estimate of drug-likeness (QED) is 0.467. The molecule has 0 bridgehead atoms. The topological polar surface area (TPSA) is 49.4 Å². The molecule has 0 radical (unpaired) electrons. The van der Waals surface area contributed by atoms with Crippen LogP contribution in [0.1, 0.15) is 74.2 Å². The number of hydrogen-bond donors (Lipinski definition) is 1. The molecule has 4 nitrogen and oxygen atoms in total. The minimum absolute atomic E-state index is 0.0283. The van der Waals surface area contributed by atoms with Gasteiger partial charge in [-0.05, 0) is 62.6 Å². The average molecular weight is 421 g/mol. The Bertz CT molecular complexity index is 818. The Morgan fingerprint density at radius 3 is 2.23 bits per heavy atom. The molecule has 1 N–H and O–H groups in total. The van der Waals surface area contributed by atoms with Crippen LogP contribution in [-0.2, 0) is 4.79 Å². The van der Waals surface area contributed by atoms with Crippen molar-refractivity contribution < 1.29 is 9.59 Å². The van der Waals surface area contributed by atoms with Crippen LogP contribution in [0.5, 0.6) is 0 Å². The van der Waals surface area contributed by atoms with Gasteiger partial charge in [0.2, 0.25) is 5.91 Å². The maximum atomic E-state index is 13.0. The summed E-state index contributed by atoms with van der Waals surface area (Å²) in [4.78, 5) is 27.4. The van der Waals surface area contributed by atoms with Crippen LogP contribution in [-0.4, -0.2) is 35.8 Å². The van der Waals surface area contributed by atoms with E-state index in [9.17, 15) is 9.59 Å². The monoisotopic (exact) mass is 420 g/mol. The van der Waals surface area contributed by atoms with Crippen molar-refractivity contribution in [2.45, 2.75) is 64.3 Å². The molecular weight excluding hydrogens is 384 g/mol. The fraction of sp³-hybridized carbons (Fsp3) is 0.481. The molecule has 0 aromatic heterocycles. The molecular formula is C27H36N2O2. The Hall–Kier alpha value is -2.62. The van der Waals surface area contributed by atoms with Gasteiger partial charge in [0.15, 0.2) is 0 Å². The van der Waals surface area contributed by atoms with Gasteiger partial charge in [-0.2, -0.15) is 0 Å². The summed E-state index contributed by atoms with van der Waals surface area (Å²) in [5.41, 5.74) is 2.07. The first-order chi connectivity index (χ1) is 15.1. The first kappa shape index (κ1) is 23.1. The molecule has 31 heavy (non-hydrogen) atoms. The number of amides is 2. The van der Waals surface area contributed by atoms with E-state index in [4.69, 9.17) is 0 Å². The molecule has 2 amide bonds. The molecule has 1 saturated carbocycles. The number of carbonyl (C=O) groups is 2. The summed E-state index contributed by atoms with van der Waals surface area (Å²) in [6.07, 6.45) is 6.50. The molecule has 3 atom stereocenters. The van der Waals surface area contributed by atoms with Crippen LogP contribution in [0.15, 0.2) is 60.7 Å². The van der Waals surface area contributed by atoms with E-state index in [0.717, 1.165) is 24.7 Å². The molecule has 2 aromatic carbocycles. The van der Waals surface area contributed by atoms with Crippen molar-refractivity contribution >= 4 is 11.8 Å². The third kappa shape index (κ3) is 6.68. The van der Waals surface area contributed by atoms with Crippen LogP contribution >= 0.6 is 0 Å². The Morgan fingerprint density at radius 2 is 1.58 bits per heavy atom. The predicted octanol–water partition coefficient (Wildman–Crippen LogP) is 5.41. The minimum atomic E-state index is -0.453. The number of likely N-dealkylation sites (N-methyl/N-ethyl adjacent to an activating group) is 1. The Morgan fingerprint density at radius 1 is 0.935 bits per heavy atom. The maximum absolute atomic E-state index is 13.0. The predicted molar refractivity (Wildman–Crippen MR) is 126 cm³/mol. The number of nitrogens with one attached hydrogen (secondary N) is 1. The third-order valence-corrected chi connectivity index (χ3v) is 6.43. The summed E-state index contributed by atoms with van der Waals surface area (Å²) in [5.74, 6) is 1.41. The number of benzene rings is 2. The van der Waals surface area contributed by atoms with Crippen molar-refractivity contribution in [2.24, 2.45) is 5.92 Å². The van der Waals surface area contributed by atoms with Gasteiger partial charge in [0.1, 0.15) is 6.04 Å². The zero-order chi connectivity index (χ0) is 22.1. The van der Waals surface area contributed by atoms with Crippen molar-refractivity contribution in [3.05, 3.63) is 71.8 Å². The molecule has 1 aliphatic rings. The molecule has 166 valence electrons. The standard InChI is InChI=1S/C27H36N2O2/c1-3-29(4-2)27(31)25(28-26(30)22-16-10-6-11-17-22)19-13-7-12-18-23-20-24(23)21-14-8-5-9-15-21/h5-6,8-11,14-17,23-25H,3-4,7,12-13,18-20H2,1-2H3,(H,28,30)/t23-,24+,25+/m1/s1. The molecule has 0 heterocycles. The SMILES string of the molecule is CCN(CC)C(=O)[C@H](CCCCC[C@@H]1C[C@H]1c1ccccc1)NC(=O)c1ccccc1. The highest BCUT2D eigenvalue weighted by molar-refractivity contribution is 5.97. The molecule has 3 rings (SSSR count). The molecule has 2 aromatic rings. The molecule has 1 fully saturated rings. The summed E-state index contributed by atoms with van der Waals surface area (Å²) in [6, 6.07) is 19.5. The van der Waals surface area contributed by atoms with E-state index < -0.39 is 6.04 Å². The third-order valence-electron chi connectivity index (χ3n) is 6.43. The summed E-state index contributed by atoms with van der Waals surface area (Å²) in [7, 11) is 0. The van der Waals surface area contributed by atoms with Crippen molar-refractivity contribution in [2.75, 3.05) is 13.1 Å².